The van der Waals surface area contributed by atoms with Gasteiger partial charge in [0.2, 0.25) is 0 Å². The van der Waals surface area contributed by atoms with Crippen LogP contribution in [0.1, 0.15) is 27.4 Å². The highest BCUT2D eigenvalue weighted by atomic mass is 16.5. The number of amides is 2. The molecule has 1 aliphatic rings. The molecule has 0 saturated heterocycles. The predicted octanol–water partition coefficient (Wildman–Crippen LogP) is 3.87. The molecule has 4 rings (SSSR count). The van der Waals surface area contributed by atoms with Crippen molar-refractivity contribution in [2.45, 2.75) is 5.92 Å². The van der Waals surface area contributed by atoms with Gasteiger partial charge in [-0.1, -0.05) is 54.5 Å². The molecule has 0 bridgehead atoms. The Kier molecular flexibility index (Phi) is 6.98. The number of ether oxygens (including phenoxy) is 2. The molecule has 1 aliphatic carbocycles. The van der Waals surface area contributed by atoms with Gasteiger partial charge in [0.1, 0.15) is 12.4 Å². The third-order valence-corrected chi connectivity index (χ3v) is 5.58. The number of methoxy groups -OCH3 is 1. The lowest BCUT2D eigenvalue weighted by atomic mass is 9.98. The molecule has 0 aromatic heterocycles. The maximum Gasteiger partial charge on any atom is 0.411 e. The Labute approximate surface area is 201 Å². The van der Waals surface area contributed by atoms with Crippen molar-refractivity contribution in [1.29, 1.82) is 0 Å². The van der Waals surface area contributed by atoms with Gasteiger partial charge in [0, 0.05) is 11.8 Å². The Balaban J connectivity index is 1.46. The zero-order valence-electron chi connectivity index (χ0n) is 18.8. The second-order valence-electron chi connectivity index (χ2n) is 7.65. The highest BCUT2D eigenvalue weighted by molar-refractivity contribution is 6.03. The monoisotopic (exact) mass is 470 g/mol. The molecule has 0 aliphatic heterocycles. The number of aliphatic carboxylic acids is 1. The summed E-state index contributed by atoms with van der Waals surface area (Å²) in [6, 6.07) is 20.6. The second kappa shape index (κ2) is 10.4. The minimum atomic E-state index is -1.29. The molecule has 0 fully saturated rings. The van der Waals surface area contributed by atoms with E-state index in [9.17, 15) is 14.4 Å². The van der Waals surface area contributed by atoms with Crippen LogP contribution in [0.5, 0.6) is 5.75 Å². The number of anilines is 1. The van der Waals surface area contributed by atoms with Crippen LogP contribution < -0.4 is 15.4 Å². The lowest BCUT2D eigenvalue weighted by molar-refractivity contribution is -0.130. The van der Waals surface area contributed by atoms with Crippen molar-refractivity contribution in [1.82, 2.24) is 5.32 Å². The van der Waals surface area contributed by atoms with Crippen molar-refractivity contribution >= 4 is 23.7 Å². The smallest absolute Gasteiger partial charge is 0.411 e. The van der Waals surface area contributed by atoms with Crippen LogP contribution in [0.15, 0.2) is 66.7 Å². The van der Waals surface area contributed by atoms with Crippen LogP contribution in [-0.4, -0.2) is 43.3 Å². The zero-order chi connectivity index (χ0) is 24.8. The fourth-order valence-electron chi connectivity index (χ4n) is 4.03. The van der Waals surface area contributed by atoms with E-state index >= 15 is 0 Å². The molecule has 35 heavy (non-hydrogen) atoms. The SMILES string of the molecule is COc1ccc(NC(=O)OCC2c3ccccc3-c3ccccc32)c(C(=O)NCC#CC(=O)O)c1. The Bertz CT molecular complexity index is 1310. The standard InChI is InChI=1S/C27H22N2O6/c1-34-17-12-13-24(22(15-17)26(32)28-14-6-11-25(30)31)29-27(33)35-16-23-20-9-4-2-7-18(20)19-8-3-5-10-21(19)23/h2-5,7-10,12-13,15,23H,14,16H2,1H3,(H,28,32)(H,29,33)(H,30,31). The number of hydrogen-bond acceptors (Lipinski definition) is 5. The summed E-state index contributed by atoms with van der Waals surface area (Å²) in [7, 11) is 1.45. The van der Waals surface area contributed by atoms with Crippen LogP contribution in [0, 0.1) is 11.8 Å². The van der Waals surface area contributed by atoms with Crippen molar-refractivity contribution in [3.8, 4) is 28.7 Å². The lowest BCUT2D eigenvalue weighted by Crippen LogP contribution is -2.26. The second-order valence-corrected chi connectivity index (χ2v) is 7.65. The molecule has 8 heteroatoms. The molecule has 3 N–H and O–H groups in total. The van der Waals surface area contributed by atoms with E-state index in [1.807, 2.05) is 42.3 Å². The van der Waals surface area contributed by atoms with E-state index in [-0.39, 0.29) is 30.3 Å². The number of benzene rings is 3. The van der Waals surface area contributed by atoms with Gasteiger partial charge in [-0.15, -0.1) is 0 Å². The molecule has 0 unspecified atom stereocenters. The quantitative estimate of drug-likeness (QED) is 0.471. The van der Waals surface area contributed by atoms with Crippen molar-refractivity contribution in [3.05, 3.63) is 83.4 Å². The van der Waals surface area contributed by atoms with E-state index in [2.05, 4.69) is 28.7 Å². The minimum absolute atomic E-state index is 0.0976. The fraction of sp³-hybridized carbons (Fsp3) is 0.148. The molecule has 0 spiro atoms. The minimum Gasteiger partial charge on any atom is -0.497 e. The van der Waals surface area contributed by atoms with Crippen LogP contribution in [-0.2, 0) is 9.53 Å². The molecular formula is C27H22N2O6. The molecule has 3 aromatic rings. The summed E-state index contributed by atoms with van der Waals surface area (Å²) in [6.07, 6.45) is -0.711. The van der Waals surface area contributed by atoms with E-state index < -0.39 is 18.0 Å². The van der Waals surface area contributed by atoms with E-state index in [0.29, 0.717) is 5.75 Å². The predicted molar refractivity (Wildman–Crippen MR) is 129 cm³/mol. The Morgan fingerprint density at radius 1 is 0.971 bits per heavy atom. The molecule has 2 amide bonds. The highest BCUT2D eigenvalue weighted by Crippen LogP contribution is 2.44. The summed E-state index contributed by atoms with van der Waals surface area (Å²) in [6.45, 7) is -0.0466. The Morgan fingerprint density at radius 3 is 2.26 bits per heavy atom. The zero-order valence-corrected chi connectivity index (χ0v) is 18.8. The van der Waals surface area contributed by atoms with Gasteiger partial charge in [0.15, 0.2) is 0 Å². The van der Waals surface area contributed by atoms with E-state index in [1.54, 1.807) is 6.07 Å². The number of nitrogens with one attached hydrogen (secondary N) is 2. The van der Waals surface area contributed by atoms with Crippen molar-refractivity contribution < 1.29 is 29.0 Å². The highest BCUT2D eigenvalue weighted by Gasteiger charge is 2.29. The van der Waals surface area contributed by atoms with Gasteiger partial charge in [-0.2, -0.15) is 0 Å². The van der Waals surface area contributed by atoms with E-state index in [4.69, 9.17) is 14.6 Å². The summed E-state index contributed by atoms with van der Waals surface area (Å²) >= 11 is 0. The molecule has 0 radical (unpaired) electrons. The first-order chi connectivity index (χ1) is 17.0. The lowest BCUT2D eigenvalue weighted by Gasteiger charge is -2.16. The van der Waals surface area contributed by atoms with Crippen LogP contribution in [0.4, 0.5) is 10.5 Å². The average Bonchev–Trinajstić information content (AvgIpc) is 3.19. The van der Waals surface area contributed by atoms with Gasteiger partial charge in [-0.05, 0) is 40.5 Å². The van der Waals surface area contributed by atoms with Gasteiger partial charge in [-0.25, -0.2) is 9.59 Å². The van der Waals surface area contributed by atoms with Crippen molar-refractivity contribution in [2.75, 3.05) is 25.6 Å². The molecule has 8 nitrogen and oxygen atoms in total. The summed E-state index contributed by atoms with van der Waals surface area (Å²) in [4.78, 5) is 35.8. The fourth-order valence-corrected chi connectivity index (χ4v) is 4.03. The summed E-state index contributed by atoms with van der Waals surface area (Å²) in [5, 5.41) is 13.7. The molecule has 0 heterocycles. The van der Waals surface area contributed by atoms with Gasteiger partial charge in [0.05, 0.1) is 24.9 Å². The summed E-state index contributed by atoms with van der Waals surface area (Å²) < 4.78 is 10.7. The number of carbonyl (C=O) groups is 3. The number of hydrogen-bond donors (Lipinski definition) is 3. The van der Waals surface area contributed by atoms with Gasteiger partial charge in [-0.3, -0.25) is 10.1 Å². The molecule has 0 atom stereocenters. The number of rotatable bonds is 6. The van der Waals surface area contributed by atoms with Crippen LogP contribution in [0.25, 0.3) is 11.1 Å². The van der Waals surface area contributed by atoms with Gasteiger partial charge < -0.3 is 19.9 Å². The van der Waals surface area contributed by atoms with Crippen LogP contribution in [0.3, 0.4) is 0 Å². The first-order valence-electron chi connectivity index (χ1n) is 10.8. The summed E-state index contributed by atoms with van der Waals surface area (Å²) in [5.41, 5.74) is 4.76. The Morgan fingerprint density at radius 2 is 1.63 bits per heavy atom. The first kappa shape index (κ1) is 23.4. The largest absolute Gasteiger partial charge is 0.497 e. The maximum atomic E-state index is 12.7. The average molecular weight is 470 g/mol. The normalized spacial score (nSPS) is 11.3. The van der Waals surface area contributed by atoms with Gasteiger partial charge in [0.25, 0.3) is 5.91 Å². The number of fused-ring (bicyclic) bond motifs is 3. The van der Waals surface area contributed by atoms with E-state index in [0.717, 1.165) is 22.3 Å². The molecule has 0 saturated carbocycles. The topological polar surface area (TPSA) is 114 Å². The maximum absolute atomic E-state index is 12.7. The third kappa shape index (κ3) is 5.25. The van der Waals surface area contributed by atoms with Gasteiger partial charge >= 0.3 is 12.1 Å². The molecular weight excluding hydrogens is 448 g/mol. The van der Waals surface area contributed by atoms with E-state index in [1.165, 1.54) is 19.2 Å². The molecule has 176 valence electrons. The van der Waals surface area contributed by atoms with Crippen LogP contribution in [0.2, 0.25) is 0 Å². The van der Waals surface area contributed by atoms with Crippen LogP contribution >= 0.6 is 0 Å². The Hall–Kier alpha value is -4.77. The number of carboxylic acids is 1. The van der Waals surface area contributed by atoms with Crippen molar-refractivity contribution in [3.63, 3.8) is 0 Å². The number of carbonyl (C=O) groups excluding carboxylic acids is 2. The first-order valence-corrected chi connectivity index (χ1v) is 10.8. The summed E-state index contributed by atoms with van der Waals surface area (Å²) in [5.74, 6) is 2.69. The number of carboxylic acid groups (broad SMARTS) is 1. The van der Waals surface area contributed by atoms with Crippen molar-refractivity contribution in [2.24, 2.45) is 0 Å². The molecule has 3 aromatic carbocycles. The third-order valence-electron chi connectivity index (χ3n) is 5.58.